The van der Waals surface area contributed by atoms with Gasteiger partial charge in [0.05, 0.1) is 17.1 Å². The van der Waals surface area contributed by atoms with Crippen LogP contribution in [0.5, 0.6) is 0 Å². The van der Waals surface area contributed by atoms with Gasteiger partial charge >= 0.3 is 5.97 Å². The molecule has 0 spiro atoms. The second kappa shape index (κ2) is 13.3. The number of hydrogen-bond donors (Lipinski definition) is 2. The molecule has 0 bridgehead atoms. The van der Waals surface area contributed by atoms with E-state index in [0.29, 0.717) is 68.0 Å². The normalized spacial score (nSPS) is 20.0. The Balaban J connectivity index is 1.68. The molecular weight excluding hydrogens is 506 g/mol. The van der Waals surface area contributed by atoms with Crippen LogP contribution < -0.4 is 10.2 Å². The Morgan fingerprint density at radius 2 is 2.06 bits per heavy atom. The maximum Gasteiger partial charge on any atom is 0.346 e. The minimum atomic E-state index is -1.11. The molecule has 198 valence electrons. The van der Waals surface area contributed by atoms with Crippen molar-refractivity contribution in [2.45, 2.75) is 65.0 Å². The highest BCUT2D eigenvalue weighted by Gasteiger charge is 2.34. The molecule has 1 amide bonds. The fourth-order valence-corrected chi connectivity index (χ4v) is 5.70. The molecule has 36 heavy (non-hydrogen) atoms. The van der Waals surface area contributed by atoms with E-state index in [4.69, 9.17) is 21.1 Å². The number of Topliss-reactive ketones (excluding diaryl/α,β-unsaturated/α-hetero) is 1. The van der Waals surface area contributed by atoms with Crippen LogP contribution >= 0.6 is 22.9 Å². The lowest BCUT2D eigenvalue weighted by Crippen LogP contribution is -2.56. The highest BCUT2D eigenvalue weighted by molar-refractivity contribution is 7.18. The quantitative estimate of drug-likeness (QED) is 0.218. The molecule has 2 aliphatic rings. The molecule has 0 aromatic carbocycles. The number of thiophene rings is 1. The van der Waals surface area contributed by atoms with Gasteiger partial charge in [0.1, 0.15) is 15.7 Å². The summed E-state index contributed by atoms with van der Waals surface area (Å²) in [4.78, 5) is 43.7. The monoisotopic (exact) mass is 539 g/mol. The zero-order valence-electron chi connectivity index (χ0n) is 21.0. The zero-order valence-corrected chi connectivity index (χ0v) is 22.5. The third-order valence-electron chi connectivity index (χ3n) is 6.27. The Hall–Kier alpha value is -2.27. The second-order valence-electron chi connectivity index (χ2n) is 8.65. The van der Waals surface area contributed by atoms with Crippen molar-refractivity contribution in [1.82, 2.24) is 5.32 Å². The summed E-state index contributed by atoms with van der Waals surface area (Å²) in [7, 11) is 0. The molecule has 2 N–H and O–H groups in total. The minimum Gasteiger partial charge on any atom is -0.477 e. The average molecular weight is 540 g/mol. The molecular formula is C25H34ClN3O6S. The maximum absolute atomic E-state index is 12.8. The number of allylic oxidation sites excluding steroid dienone is 1. The number of aromatic carboxylic acids is 1. The summed E-state index contributed by atoms with van der Waals surface area (Å²) in [6.07, 6.45) is 2.27. The Kier molecular flexibility index (Phi) is 10.5. The van der Waals surface area contributed by atoms with Crippen LogP contribution in [0.4, 0.5) is 5.00 Å². The number of carbonyl (C=O) groups excluding carboxylic acids is 2. The van der Waals surface area contributed by atoms with Gasteiger partial charge in [0.15, 0.2) is 5.78 Å². The van der Waals surface area contributed by atoms with Crippen molar-refractivity contribution in [2.75, 3.05) is 37.8 Å². The van der Waals surface area contributed by atoms with Crippen molar-refractivity contribution in [2.24, 2.45) is 4.99 Å². The van der Waals surface area contributed by atoms with E-state index in [0.717, 1.165) is 23.3 Å². The van der Waals surface area contributed by atoms with Crippen LogP contribution in [-0.4, -0.2) is 73.5 Å². The van der Waals surface area contributed by atoms with Crippen molar-refractivity contribution in [1.29, 1.82) is 0 Å². The molecule has 0 unspecified atom stereocenters. The SMILES string of the molecule is CCOCCCC(=O)c1cc(N2CC[C@@H](NC(=O)C3=NC(Cl)=C(CC)C3)[C@@H](OCC)C2)sc1C(=O)O. The van der Waals surface area contributed by atoms with Crippen molar-refractivity contribution >= 4 is 51.3 Å². The molecule has 2 aliphatic heterocycles. The van der Waals surface area contributed by atoms with Crippen LogP contribution in [0.15, 0.2) is 21.8 Å². The first kappa shape index (κ1) is 28.3. The van der Waals surface area contributed by atoms with Gasteiger partial charge in [-0.3, -0.25) is 9.59 Å². The van der Waals surface area contributed by atoms with Gasteiger partial charge in [-0.25, -0.2) is 9.79 Å². The van der Waals surface area contributed by atoms with Crippen molar-refractivity contribution in [3.63, 3.8) is 0 Å². The first-order valence-electron chi connectivity index (χ1n) is 12.4. The first-order valence-corrected chi connectivity index (χ1v) is 13.6. The number of carbonyl (C=O) groups is 3. The van der Waals surface area contributed by atoms with Gasteiger partial charge in [-0.2, -0.15) is 0 Å². The van der Waals surface area contributed by atoms with Crippen molar-refractivity contribution < 1.29 is 29.0 Å². The number of carboxylic acid groups (broad SMARTS) is 1. The number of ketones is 1. The van der Waals surface area contributed by atoms with Crippen LogP contribution in [0, 0.1) is 0 Å². The van der Waals surface area contributed by atoms with Gasteiger partial charge in [0.25, 0.3) is 5.91 Å². The number of halogens is 1. The summed E-state index contributed by atoms with van der Waals surface area (Å²) in [5, 5.41) is 13.9. The number of nitrogens with zero attached hydrogens (tertiary/aromatic N) is 2. The van der Waals surface area contributed by atoms with Gasteiger partial charge in [0, 0.05) is 51.3 Å². The third kappa shape index (κ3) is 6.94. The van der Waals surface area contributed by atoms with Gasteiger partial charge in [-0.05, 0) is 44.7 Å². The number of piperidine rings is 1. The van der Waals surface area contributed by atoms with Crippen molar-refractivity contribution in [3.05, 3.63) is 27.2 Å². The van der Waals surface area contributed by atoms with Gasteiger partial charge < -0.3 is 24.8 Å². The fraction of sp³-hybridized carbons (Fsp3) is 0.600. The summed E-state index contributed by atoms with van der Waals surface area (Å²) >= 11 is 7.23. The molecule has 9 nitrogen and oxygen atoms in total. The summed E-state index contributed by atoms with van der Waals surface area (Å²) in [5.74, 6) is -1.56. The van der Waals surface area contributed by atoms with Gasteiger partial charge in [-0.1, -0.05) is 18.5 Å². The standard InChI is InChI=1S/C25H34ClN3O6S/c1-4-15-12-18(27-23(15)26)24(31)28-17-9-10-29(14-20(17)35-6-3)21-13-16(22(36-21)25(32)33)19(30)8-7-11-34-5-2/h13,17,20H,4-12,14H2,1-3H3,(H,28,31)(H,32,33)/t17-,20+/m1/s1. The molecule has 1 aromatic rings. The summed E-state index contributed by atoms with van der Waals surface area (Å²) in [5.41, 5.74) is 1.59. The lowest BCUT2D eigenvalue weighted by molar-refractivity contribution is -0.117. The second-order valence-corrected chi connectivity index (χ2v) is 10.0. The number of nitrogens with one attached hydrogen (secondary N) is 1. The molecule has 3 rings (SSSR count). The van der Waals surface area contributed by atoms with E-state index in [-0.39, 0.29) is 40.7 Å². The van der Waals surface area contributed by atoms with E-state index in [2.05, 4.69) is 10.3 Å². The van der Waals surface area contributed by atoms with Crippen molar-refractivity contribution in [3.8, 4) is 0 Å². The lowest BCUT2D eigenvalue weighted by atomic mass is 10.0. The molecule has 0 aliphatic carbocycles. The minimum absolute atomic E-state index is 0.0464. The Labute approximate surface area is 220 Å². The van der Waals surface area contributed by atoms with Crippen LogP contribution in [0.25, 0.3) is 0 Å². The van der Waals surface area contributed by atoms with Gasteiger partial charge in [0.2, 0.25) is 0 Å². The highest BCUT2D eigenvalue weighted by atomic mass is 35.5. The van der Waals surface area contributed by atoms with E-state index in [1.165, 1.54) is 0 Å². The Morgan fingerprint density at radius 1 is 1.28 bits per heavy atom. The Morgan fingerprint density at radius 3 is 2.69 bits per heavy atom. The zero-order chi connectivity index (χ0) is 26.2. The van der Waals surface area contributed by atoms with E-state index in [1.807, 2.05) is 25.7 Å². The molecule has 1 aromatic heterocycles. The maximum atomic E-state index is 12.8. The summed E-state index contributed by atoms with van der Waals surface area (Å²) < 4.78 is 11.2. The molecule has 0 saturated carbocycles. The molecule has 11 heteroatoms. The smallest absolute Gasteiger partial charge is 0.346 e. The lowest BCUT2D eigenvalue weighted by Gasteiger charge is -2.39. The molecule has 1 fully saturated rings. The van der Waals surface area contributed by atoms with E-state index >= 15 is 0 Å². The molecule has 2 atom stereocenters. The predicted octanol–water partition coefficient (Wildman–Crippen LogP) is 4.25. The topological polar surface area (TPSA) is 118 Å². The summed E-state index contributed by atoms with van der Waals surface area (Å²) in [6.45, 7) is 8.31. The molecule has 3 heterocycles. The number of aliphatic imine (C=N–C) groups is 1. The largest absolute Gasteiger partial charge is 0.477 e. The number of amides is 1. The number of anilines is 1. The highest BCUT2D eigenvalue weighted by Crippen LogP contribution is 2.34. The third-order valence-corrected chi connectivity index (χ3v) is 7.81. The van der Waals surface area contributed by atoms with Crippen LogP contribution in [0.1, 0.15) is 72.9 Å². The predicted molar refractivity (Wildman–Crippen MR) is 141 cm³/mol. The van der Waals surface area contributed by atoms with Crippen LogP contribution in [0.3, 0.4) is 0 Å². The van der Waals surface area contributed by atoms with E-state index < -0.39 is 5.97 Å². The Bertz CT molecular complexity index is 1040. The summed E-state index contributed by atoms with van der Waals surface area (Å²) in [6, 6.07) is 1.45. The van der Waals surface area contributed by atoms with Crippen LogP contribution in [-0.2, 0) is 14.3 Å². The molecule has 1 saturated heterocycles. The first-order chi connectivity index (χ1) is 17.3. The average Bonchev–Trinajstić information content (AvgIpc) is 3.47. The van der Waals surface area contributed by atoms with E-state index in [1.54, 1.807) is 6.07 Å². The van der Waals surface area contributed by atoms with Crippen LogP contribution in [0.2, 0.25) is 0 Å². The fourth-order valence-electron chi connectivity index (χ4n) is 4.34. The van der Waals surface area contributed by atoms with E-state index in [9.17, 15) is 19.5 Å². The number of rotatable bonds is 13. The number of ether oxygens (including phenoxy) is 2. The number of hydrogen-bond acceptors (Lipinski definition) is 8. The van der Waals surface area contributed by atoms with Gasteiger partial charge in [-0.15, -0.1) is 11.3 Å². The molecule has 0 radical (unpaired) electrons. The number of carboxylic acids is 1.